The molecule has 2 aliphatic heterocycles. The summed E-state index contributed by atoms with van der Waals surface area (Å²) in [5, 5.41) is 3.70. The fraction of sp³-hybridized carbons (Fsp3) is 0.714. The van der Waals surface area contributed by atoms with E-state index in [0.29, 0.717) is 0 Å². The highest BCUT2D eigenvalue weighted by atomic mass is 31.2. The topological polar surface area (TPSA) is 0 Å². The molecule has 1 unspecified atom stereocenters. The molecule has 0 aromatic heterocycles. The molecule has 0 nitrogen and oxygen atoms in total. The van der Waals surface area contributed by atoms with E-state index in [1.54, 1.807) is 0 Å². The molecule has 0 N–H and O–H groups in total. The quantitative estimate of drug-likeness (QED) is 0.573. The molecule has 0 bridgehead atoms. The first kappa shape index (κ1) is 17.9. The lowest BCUT2D eigenvalue weighted by molar-refractivity contribution is 0.696. The summed E-state index contributed by atoms with van der Waals surface area (Å²) in [5.74, 6) is 0. The van der Waals surface area contributed by atoms with Crippen molar-refractivity contribution in [2.75, 3.05) is 12.8 Å². The van der Waals surface area contributed by atoms with Gasteiger partial charge in [-0.2, -0.15) is 0 Å². The Hall–Kier alpha value is 0.0800. The molecule has 0 saturated carbocycles. The molecule has 2 heteroatoms. The van der Waals surface area contributed by atoms with Crippen LogP contribution in [-0.2, 0) is 0 Å². The molecule has 0 radical (unpaired) electrons. The molecular formula is C21H35P2+. The second-order valence-corrected chi connectivity index (χ2v) is 14.7. The molecule has 2 heterocycles. The third-order valence-electron chi connectivity index (χ3n) is 6.71. The molecule has 1 aromatic carbocycles. The average molecular weight is 349 g/mol. The van der Waals surface area contributed by atoms with Crippen LogP contribution in [-0.4, -0.2) is 29.8 Å². The van der Waals surface area contributed by atoms with Crippen LogP contribution in [0.5, 0.6) is 0 Å². The van der Waals surface area contributed by atoms with Gasteiger partial charge in [0.15, 0.2) is 0 Å². The van der Waals surface area contributed by atoms with E-state index in [9.17, 15) is 0 Å². The van der Waals surface area contributed by atoms with Crippen molar-refractivity contribution < 1.29 is 0 Å². The van der Waals surface area contributed by atoms with Crippen molar-refractivity contribution in [3.8, 4) is 0 Å². The zero-order valence-electron chi connectivity index (χ0n) is 15.6. The van der Waals surface area contributed by atoms with Gasteiger partial charge in [-0.05, 0) is 62.3 Å². The minimum absolute atomic E-state index is 0.0677. The van der Waals surface area contributed by atoms with Crippen LogP contribution in [0.3, 0.4) is 0 Å². The van der Waals surface area contributed by atoms with E-state index in [4.69, 9.17) is 0 Å². The predicted octanol–water partition coefficient (Wildman–Crippen LogP) is 5.99. The minimum Gasteiger partial charge on any atom is -0.0648 e. The van der Waals surface area contributed by atoms with E-state index in [1.165, 1.54) is 51.1 Å². The largest absolute Gasteiger partial charge is 0.102 e. The van der Waals surface area contributed by atoms with Gasteiger partial charge in [-0.3, -0.25) is 0 Å². The lowest BCUT2D eigenvalue weighted by atomic mass is 10.1. The highest BCUT2D eigenvalue weighted by Crippen LogP contribution is 2.67. The van der Waals surface area contributed by atoms with Crippen LogP contribution in [0, 0.1) is 0 Å². The molecule has 0 spiro atoms. The zero-order chi connectivity index (χ0) is 16.4. The Bertz CT molecular complexity index is 514. The monoisotopic (exact) mass is 349 g/mol. The SMILES string of the molecule is CC[C@@H]1CC[C@@H](CC)P1c1ccccc1[P+]1(C)CCC[C@H]1CC. The summed E-state index contributed by atoms with van der Waals surface area (Å²) in [5.41, 5.74) is 2.98. The molecule has 2 aliphatic rings. The Kier molecular flexibility index (Phi) is 5.86. The van der Waals surface area contributed by atoms with Crippen LogP contribution in [0.2, 0.25) is 0 Å². The van der Waals surface area contributed by atoms with Crippen molar-refractivity contribution in [1.82, 2.24) is 0 Å². The molecule has 3 rings (SSSR count). The highest BCUT2D eigenvalue weighted by molar-refractivity contribution is 7.85. The minimum atomic E-state index is -0.930. The lowest BCUT2D eigenvalue weighted by Gasteiger charge is -2.32. The van der Waals surface area contributed by atoms with Crippen molar-refractivity contribution in [1.29, 1.82) is 0 Å². The maximum Gasteiger partial charge on any atom is 0.102 e. The zero-order valence-corrected chi connectivity index (χ0v) is 17.4. The van der Waals surface area contributed by atoms with Crippen molar-refractivity contribution in [3.63, 3.8) is 0 Å². The lowest BCUT2D eigenvalue weighted by Crippen LogP contribution is -2.33. The standard InChI is InChI=1S/C21H35P2/c1-5-17-14-15-18(6-2)22(17)20-12-8-9-13-21(20)23(4)16-10-11-19(23)7-3/h8-9,12-13,17-19H,5-7,10-11,14-16H2,1-4H3/q+1/t17-,18-,19-,23?/m1/s1. The van der Waals surface area contributed by atoms with Crippen LogP contribution >= 0.6 is 15.2 Å². The Morgan fingerprint density at radius 1 is 0.957 bits per heavy atom. The van der Waals surface area contributed by atoms with Crippen molar-refractivity contribution >= 4 is 25.8 Å². The first-order chi connectivity index (χ1) is 11.2. The Balaban J connectivity index is 2.04. The first-order valence-electron chi connectivity index (χ1n) is 9.88. The van der Waals surface area contributed by atoms with Crippen molar-refractivity contribution in [2.45, 2.75) is 82.7 Å². The summed E-state index contributed by atoms with van der Waals surface area (Å²) in [6.07, 6.45) is 11.6. The second-order valence-electron chi connectivity index (χ2n) is 7.79. The molecule has 2 saturated heterocycles. The van der Waals surface area contributed by atoms with Crippen LogP contribution in [0.25, 0.3) is 0 Å². The fourth-order valence-corrected chi connectivity index (χ4v) is 14.4. The summed E-state index contributed by atoms with van der Waals surface area (Å²) in [6.45, 7) is 9.99. The van der Waals surface area contributed by atoms with Gasteiger partial charge < -0.3 is 0 Å². The van der Waals surface area contributed by atoms with Crippen LogP contribution in [0.15, 0.2) is 24.3 Å². The van der Waals surface area contributed by atoms with Crippen LogP contribution in [0.4, 0.5) is 0 Å². The molecule has 128 valence electrons. The maximum absolute atomic E-state index is 2.69. The van der Waals surface area contributed by atoms with Gasteiger partial charge in [0.1, 0.15) is 5.30 Å². The van der Waals surface area contributed by atoms with Gasteiger partial charge in [0.05, 0.1) is 18.5 Å². The first-order valence-corrected chi connectivity index (χ1v) is 13.9. The molecule has 4 atom stereocenters. The molecule has 0 aliphatic carbocycles. The smallest absolute Gasteiger partial charge is 0.0648 e. The fourth-order valence-electron chi connectivity index (χ4n) is 5.32. The Labute approximate surface area is 145 Å². The van der Waals surface area contributed by atoms with Gasteiger partial charge in [0.25, 0.3) is 0 Å². The van der Waals surface area contributed by atoms with Gasteiger partial charge in [0.2, 0.25) is 0 Å². The van der Waals surface area contributed by atoms with E-state index in [1.807, 2.05) is 10.6 Å². The van der Waals surface area contributed by atoms with Gasteiger partial charge >= 0.3 is 0 Å². The summed E-state index contributed by atoms with van der Waals surface area (Å²) < 4.78 is 0. The van der Waals surface area contributed by atoms with Gasteiger partial charge in [-0.15, -0.1) is 0 Å². The molecule has 2 fully saturated rings. The number of hydrogen-bond donors (Lipinski definition) is 0. The van der Waals surface area contributed by atoms with E-state index < -0.39 is 7.26 Å². The van der Waals surface area contributed by atoms with Crippen molar-refractivity contribution in [3.05, 3.63) is 24.3 Å². The third-order valence-corrected chi connectivity index (χ3v) is 15.6. The summed E-state index contributed by atoms with van der Waals surface area (Å²) in [7, 11) is -0.863. The second kappa shape index (κ2) is 7.54. The van der Waals surface area contributed by atoms with Crippen molar-refractivity contribution in [2.24, 2.45) is 0 Å². The summed E-state index contributed by atoms with van der Waals surface area (Å²) in [6, 6.07) is 9.77. The van der Waals surface area contributed by atoms with Gasteiger partial charge in [-0.1, -0.05) is 46.9 Å². The van der Waals surface area contributed by atoms with Gasteiger partial charge in [-0.25, -0.2) is 0 Å². The molecule has 0 amide bonds. The number of rotatable bonds is 5. The number of hydrogen-bond acceptors (Lipinski definition) is 0. The van der Waals surface area contributed by atoms with E-state index in [-0.39, 0.29) is 7.92 Å². The Morgan fingerprint density at radius 2 is 1.61 bits per heavy atom. The maximum atomic E-state index is 2.69. The third kappa shape index (κ3) is 3.16. The van der Waals surface area contributed by atoms with Gasteiger partial charge in [0, 0.05) is 12.6 Å². The molecule has 1 aromatic rings. The molecule has 23 heavy (non-hydrogen) atoms. The summed E-state index contributed by atoms with van der Waals surface area (Å²) >= 11 is 0. The van der Waals surface area contributed by atoms with Crippen LogP contribution in [0.1, 0.15) is 65.7 Å². The Morgan fingerprint density at radius 3 is 2.22 bits per heavy atom. The van der Waals surface area contributed by atoms with E-state index >= 15 is 0 Å². The van der Waals surface area contributed by atoms with Crippen LogP contribution < -0.4 is 10.6 Å². The molecular weight excluding hydrogens is 314 g/mol. The highest BCUT2D eigenvalue weighted by Gasteiger charge is 2.49. The average Bonchev–Trinajstić information content (AvgIpc) is 3.18. The normalized spacial score (nSPS) is 35.0. The van der Waals surface area contributed by atoms with E-state index in [2.05, 4.69) is 51.7 Å². The predicted molar refractivity (Wildman–Crippen MR) is 111 cm³/mol. The number of benzene rings is 1. The van der Waals surface area contributed by atoms with E-state index in [0.717, 1.165) is 17.0 Å². The summed E-state index contributed by atoms with van der Waals surface area (Å²) in [4.78, 5) is 0.